The number of carboxylic acid groups (broad SMARTS) is 1. The lowest BCUT2D eigenvalue weighted by Crippen LogP contribution is -2.60. The number of carbonyl (C=O) groups is 2. The Labute approximate surface area is 126 Å². The van der Waals surface area contributed by atoms with Gasteiger partial charge >= 0.3 is 12.0 Å². The van der Waals surface area contributed by atoms with E-state index in [-0.39, 0.29) is 18.1 Å². The molecule has 4 unspecified atom stereocenters. The summed E-state index contributed by atoms with van der Waals surface area (Å²) in [4.78, 5) is 25.9. The van der Waals surface area contributed by atoms with Crippen molar-refractivity contribution in [3.05, 3.63) is 0 Å². The molecule has 0 bridgehead atoms. The quantitative estimate of drug-likeness (QED) is 0.840. The molecule has 0 aromatic heterocycles. The van der Waals surface area contributed by atoms with Gasteiger partial charge < -0.3 is 15.3 Å². The predicted octanol–water partition coefficient (Wildman–Crippen LogP) is 2.60. The first-order chi connectivity index (χ1) is 10.1. The first-order valence-corrected chi connectivity index (χ1v) is 8.39. The van der Waals surface area contributed by atoms with Gasteiger partial charge in [-0.3, -0.25) is 0 Å². The first kappa shape index (κ1) is 14.7. The Morgan fingerprint density at radius 1 is 1.10 bits per heavy atom. The minimum atomic E-state index is -0.853. The van der Waals surface area contributed by atoms with Gasteiger partial charge in [-0.1, -0.05) is 12.8 Å². The highest BCUT2D eigenvalue weighted by molar-refractivity contribution is 5.83. The van der Waals surface area contributed by atoms with E-state index in [4.69, 9.17) is 0 Å². The largest absolute Gasteiger partial charge is 0.480 e. The molecule has 1 heterocycles. The molecular formula is C16H26N2O3. The third-order valence-corrected chi connectivity index (χ3v) is 5.57. The van der Waals surface area contributed by atoms with Crippen LogP contribution in [0.3, 0.4) is 0 Å². The van der Waals surface area contributed by atoms with Crippen LogP contribution in [0.1, 0.15) is 58.3 Å². The molecule has 2 N–H and O–H groups in total. The van der Waals surface area contributed by atoms with Crippen LogP contribution in [0.2, 0.25) is 0 Å². The van der Waals surface area contributed by atoms with Crippen molar-refractivity contribution in [2.75, 3.05) is 0 Å². The number of nitrogens with one attached hydrogen (secondary N) is 1. The third-order valence-electron chi connectivity index (χ3n) is 5.57. The van der Waals surface area contributed by atoms with Crippen LogP contribution >= 0.6 is 0 Å². The van der Waals surface area contributed by atoms with Gasteiger partial charge in [-0.15, -0.1) is 0 Å². The van der Waals surface area contributed by atoms with E-state index in [0.717, 1.165) is 25.7 Å². The zero-order valence-corrected chi connectivity index (χ0v) is 12.8. The minimum Gasteiger partial charge on any atom is -0.480 e. The van der Waals surface area contributed by atoms with Crippen LogP contribution in [0, 0.1) is 11.8 Å². The van der Waals surface area contributed by atoms with Crippen molar-refractivity contribution in [2.45, 2.75) is 76.4 Å². The number of carboxylic acids is 1. The normalized spacial score (nSPS) is 34.0. The second-order valence-corrected chi connectivity index (χ2v) is 7.03. The number of aliphatic carboxylic acids is 1. The average molecular weight is 294 g/mol. The molecule has 1 aliphatic heterocycles. The van der Waals surface area contributed by atoms with E-state index in [0.29, 0.717) is 18.3 Å². The van der Waals surface area contributed by atoms with Crippen LogP contribution < -0.4 is 5.32 Å². The number of amides is 2. The number of hydrogen-bond donors (Lipinski definition) is 2. The molecule has 3 aliphatic rings. The van der Waals surface area contributed by atoms with Crippen molar-refractivity contribution in [3.8, 4) is 0 Å². The number of fused-ring (bicyclic) bond motifs is 1. The molecule has 3 fully saturated rings. The monoisotopic (exact) mass is 294 g/mol. The van der Waals surface area contributed by atoms with Crippen LogP contribution in [0.5, 0.6) is 0 Å². The standard InChI is InChI=1S/C16H26N2O3/c1-10(11-6-7-11)17-16(21)18-13-5-3-2-4-12(13)8-9-14(18)15(19)20/h10-14H,2-9H2,1H3,(H,17,21)(H,19,20). The second kappa shape index (κ2) is 5.85. The number of piperidine rings is 1. The second-order valence-electron chi connectivity index (χ2n) is 7.03. The van der Waals surface area contributed by atoms with Gasteiger partial charge in [0.2, 0.25) is 0 Å². The van der Waals surface area contributed by atoms with Gasteiger partial charge in [0.1, 0.15) is 6.04 Å². The summed E-state index contributed by atoms with van der Waals surface area (Å²) in [5.74, 6) is 0.230. The number of hydrogen-bond acceptors (Lipinski definition) is 2. The number of urea groups is 1. The molecule has 0 radical (unpaired) electrons. The lowest BCUT2D eigenvalue weighted by Gasteiger charge is -2.47. The molecule has 2 aliphatic carbocycles. The summed E-state index contributed by atoms with van der Waals surface area (Å²) in [7, 11) is 0. The average Bonchev–Trinajstić information content (AvgIpc) is 3.30. The van der Waals surface area contributed by atoms with Gasteiger partial charge in [0.25, 0.3) is 0 Å². The molecule has 1 saturated heterocycles. The summed E-state index contributed by atoms with van der Waals surface area (Å²) < 4.78 is 0. The van der Waals surface area contributed by atoms with E-state index in [1.54, 1.807) is 4.90 Å². The molecule has 4 atom stereocenters. The summed E-state index contributed by atoms with van der Waals surface area (Å²) in [6.45, 7) is 2.04. The Balaban J connectivity index is 1.74. The Kier molecular flexibility index (Phi) is 4.09. The van der Waals surface area contributed by atoms with Gasteiger partial charge in [0, 0.05) is 12.1 Å². The maximum atomic E-state index is 12.7. The highest BCUT2D eigenvalue weighted by atomic mass is 16.4. The van der Waals surface area contributed by atoms with Crippen molar-refractivity contribution in [1.29, 1.82) is 0 Å². The summed E-state index contributed by atoms with van der Waals surface area (Å²) in [5.41, 5.74) is 0. The number of carbonyl (C=O) groups excluding carboxylic acids is 1. The van der Waals surface area contributed by atoms with Gasteiger partial charge in [-0.25, -0.2) is 9.59 Å². The molecule has 3 rings (SSSR count). The molecule has 5 heteroatoms. The fraction of sp³-hybridized carbons (Fsp3) is 0.875. The summed E-state index contributed by atoms with van der Waals surface area (Å²) >= 11 is 0. The number of rotatable bonds is 3. The van der Waals surface area contributed by atoms with Crippen molar-refractivity contribution in [2.24, 2.45) is 11.8 Å². The van der Waals surface area contributed by atoms with E-state index >= 15 is 0 Å². The zero-order chi connectivity index (χ0) is 15.0. The van der Waals surface area contributed by atoms with Gasteiger partial charge in [0.15, 0.2) is 0 Å². The first-order valence-electron chi connectivity index (χ1n) is 8.39. The van der Waals surface area contributed by atoms with E-state index < -0.39 is 12.0 Å². The molecule has 2 amide bonds. The highest BCUT2D eigenvalue weighted by Crippen LogP contribution is 2.38. The molecule has 0 aromatic carbocycles. The van der Waals surface area contributed by atoms with Gasteiger partial charge in [0.05, 0.1) is 0 Å². The van der Waals surface area contributed by atoms with Crippen LogP contribution in [0.15, 0.2) is 0 Å². The maximum absolute atomic E-state index is 12.7. The molecule has 21 heavy (non-hydrogen) atoms. The highest BCUT2D eigenvalue weighted by Gasteiger charge is 2.44. The van der Waals surface area contributed by atoms with E-state index in [1.807, 2.05) is 6.92 Å². The van der Waals surface area contributed by atoms with Crippen LogP contribution in [-0.4, -0.2) is 40.1 Å². The van der Waals surface area contributed by atoms with E-state index in [9.17, 15) is 14.7 Å². The van der Waals surface area contributed by atoms with Crippen molar-refractivity contribution in [3.63, 3.8) is 0 Å². The molecule has 118 valence electrons. The van der Waals surface area contributed by atoms with Gasteiger partial charge in [-0.2, -0.15) is 0 Å². The van der Waals surface area contributed by atoms with Crippen molar-refractivity contribution >= 4 is 12.0 Å². The summed E-state index contributed by atoms with van der Waals surface area (Å²) in [6, 6.07) is -0.509. The summed E-state index contributed by atoms with van der Waals surface area (Å²) in [6.07, 6.45) is 8.32. The molecule has 0 aromatic rings. The predicted molar refractivity (Wildman–Crippen MR) is 79.0 cm³/mol. The lowest BCUT2D eigenvalue weighted by atomic mass is 9.76. The van der Waals surface area contributed by atoms with E-state index in [1.165, 1.54) is 19.3 Å². The van der Waals surface area contributed by atoms with Crippen molar-refractivity contribution < 1.29 is 14.7 Å². The van der Waals surface area contributed by atoms with Crippen LogP contribution in [0.4, 0.5) is 4.79 Å². The Morgan fingerprint density at radius 2 is 1.81 bits per heavy atom. The topological polar surface area (TPSA) is 69.6 Å². The smallest absolute Gasteiger partial charge is 0.326 e. The van der Waals surface area contributed by atoms with E-state index in [2.05, 4.69) is 5.32 Å². The van der Waals surface area contributed by atoms with Crippen molar-refractivity contribution in [1.82, 2.24) is 10.2 Å². The maximum Gasteiger partial charge on any atom is 0.326 e. The molecule has 2 saturated carbocycles. The molecular weight excluding hydrogens is 268 g/mol. The van der Waals surface area contributed by atoms with Gasteiger partial charge in [-0.05, 0) is 57.3 Å². The fourth-order valence-electron chi connectivity index (χ4n) is 4.15. The third kappa shape index (κ3) is 3.01. The molecule has 5 nitrogen and oxygen atoms in total. The van der Waals surface area contributed by atoms with Crippen LogP contribution in [-0.2, 0) is 4.79 Å². The SMILES string of the molecule is CC(NC(=O)N1C(C(=O)O)CCC2CCCCC21)C1CC1. The number of likely N-dealkylation sites (tertiary alicyclic amines) is 1. The summed E-state index contributed by atoms with van der Waals surface area (Å²) in [5, 5.41) is 12.5. The van der Waals surface area contributed by atoms with Crippen LogP contribution in [0.25, 0.3) is 0 Å². The molecule has 0 spiro atoms. The minimum absolute atomic E-state index is 0.125. The Morgan fingerprint density at radius 3 is 2.48 bits per heavy atom. The Bertz CT molecular complexity index is 422. The number of nitrogens with zero attached hydrogens (tertiary/aromatic N) is 1. The zero-order valence-electron chi connectivity index (χ0n) is 12.8. The fourth-order valence-corrected chi connectivity index (χ4v) is 4.15. The Hall–Kier alpha value is -1.26. The lowest BCUT2D eigenvalue weighted by molar-refractivity contribution is -0.145.